The summed E-state index contributed by atoms with van der Waals surface area (Å²) in [5.41, 5.74) is 12.6. The Balaban J connectivity index is 2.30. The van der Waals surface area contributed by atoms with Gasteiger partial charge in [-0.3, -0.25) is 4.79 Å². The van der Waals surface area contributed by atoms with Crippen LogP contribution in [0.2, 0.25) is 5.02 Å². The van der Waals surface area contributed by atoms with E-state index < -0.39 is 5.91 Å². The first kappa shape index (κ1) is 15.0. The summed E-state index contributed by atoms with van der Waals surface area (Å²) >= 11 is 6.24. The van der Waals surface area contributed by atoms with E-state index in [0.717, 1.165) is 12.8 Å². The van der Waals surface area contributed by atoms with Crippen molar-refractivity contribution in [2.45, 2.75) is 45.1 Å². The molecule has 5 heteroatoms. The molecule has 1 amide bonds. The number of amides is 1. The van der Waals surface area contributed by atoms with Gasteiger partial charge in [0.25, 0.3) is 5.91 Å². The summed E-state index contributed by atoms with van der Waals surface area (Å²) in [6, 6.07) is 3.58. The van der Waals surface area contributed by atoms with E-state index in [2.05, 4.69) is 12.2 Å². The maximum absolute atomic E-state index is 11.6. The van der Waals surface area contributed by atoms with Gasteiger partial charge in [-0.1, -0.05) is 37.8 Å². The fourth-order valence-corrected chi connectivity index (χ4v) is 3.32. The molecule has 0 radical (unpaired) electrons. The minimum atomic E-state index is -0.509. The topological polar surface area (TPSA) is 81.1 Å². The number of nitrogen functional groups attached to an aromatic ring is 1. The van der Waals surface area contributed by atoms with Gasteiger partial charge in [-0.05, 0) is 30.9 Å². The molecule has 1 fully saturated rings. The molecule has 2 rings (SSSR count). The van der Waals surface area contributed by atoms with Crippen LogP contribution in [0.15, 0.2) is 12.1 Å². The maximum Gasteiger partial charge on any atom is 0.250 e. The Labute approximate surface area is 124 Å². The average molecular weight is 296 g/mol. The molecule has 0 spiro atoms. The van der Waals surface area contributed by atoms with Gasteiger partial charge in [0.15, 0.2) is 0 Å². The fraction of sp³-hybridized carbons (Fsp3) is 0.533. The zero-order valence-electron chi connectivity index (χ0n) is 11.8. The van der Waals surface area contributed by atoms with E-state index >= 15 is 0 Å². The molecule has 2 atom stereocenters. The molecule has 1 aliphatic carbocycles. The zero-order valence-corrected chi connectivity index (χ0v) is 12.5. The minimum Gasteiger partial charge on any atom is -0.399 e. The number of benzene rings is 1. The quantitative estimate of drug-likeness (QED) is 0.745. The highest BCUT2D eigenvalue weighted by atomic mass is 35.5. The third kappa shape index (κ3) is 3.18. The first-order chi connectivity index (χ1) is 9.52. The summed E-state index contributed by atoms with van der Waals surface area (Å²) in [4.78, 5) is 11.6. The Hall–Kier alpha value is -1.42. The van der Waals surface area contributed by atoms with E-state index in [1.807, 2.05) is 0 Å². The smallest absolute Gasteiger partial charge is 0.250 e. The number of halogens is 1. The van der Waals surface area contributed by atoms with Gasteiger partial charge < -0.3 is 16.8 Å². The van der Waals surface area contributed by atoms with Gasteiger partial charge in [0.2, 0.25) is 0 Å². The van der Waals surface area contributed by atoms with Gasteiger partial charge in [-0.2, -0.15) is 0 Å². The summed E-state index contributed by atoms with van der Waals surface area (Å²) in [5.74, 6) is 0.101. The van der Waals surface area contributed by atoms with Crippen molar-refractivity contribution >= 4 is 28.9 Å². The van der Waals surface area contributed by atoms with Crippen molar-refractivity contribution < 1.29 is 4.79 Å². The average Bonchev–Trinajstić information content (AvgIpc) is 2.41. The number of carbonyl (C=O) groups is 1. The van der Waals surface area contributed by atoms with Gasteiger partial charge in [0, 0.05) is 11.7 Å². The SMILES string of the molecule is CCC1CCCCC1Nc1c(Cl)cc(N)cc1C(N)=O. The van der Waals surface area contributed by atoms with Gasteiger partial charge in [-0.25, -0.2) is 0 Å². The van der Waals surface area contributed by atoms with Crippen molar-refractivity contribution in [2.24, 2.45) is 11.7 Å². The normalized spacial score (nSPS) is 22.5. The van der Waals surface area contributed by atoms with Crippen LogP contribution in [0.25, 0.3) is 0 Å². The Bertz CT molecular complexity index is 504. The molecular formula is C15H22ClN3O. The number of primary amides is 1. The van der Waals surface area contributed by atoms with Crippen LogP contribution < -0.4 is 16.8 Å². The first-order valence-corrected chi connectivity index (χ1v) is 7.56. The molecule has 0 saturated heterocycles. The lowest BCUT2D eigenvalue weighted by atomic mass is 9.82. The molecule has 1 aromatic carbocycles. The van der Waals surface area contributed by atoms with E-state index in [1.54, 1.807) is 12.1 Å². The summed E-state index contributed by atoms with van der Waals surface area (Å²) in [7, 11) is 0. The highest BCUT2D eigenvalue weighted by Gasteiger charge is 2.25. The van der Waals surface area contributed by atoms with Crippen molar-refractivity contribution in [3.8, 4) is 0 Å². The van der Waals surface area contributed by atoms with Crippen LogP contribution in [-0.2, 0) is 0 Å². The molecule has 0 aromatic heterocycles. The summed E-state index contributed by atoms with van der Waals surface area (Å²) in [5, 5.41) is 3.90. The molecule has 110 valence electrons. The highest BCUT2D eigenvalue weighted by Crippen LogP contribution is 2.34. The number of anilines is 2. The molecule has 1 aromatic rings. The molecule has 0 aliphatic heterocycles. The number of nitrogens with one attached hydrogen (secondary N) is 1. The largest absolute Gasteiger partial charge is 0.399 e. The summed E-state index contributed by atoms with van der Waals surface area (Å²) in [6.07, 6.45) is 5.90. The van der Waals surface area contributed by atoms with Crippen molar-refractivity contribution in [1.29, 1.82) is 0 Å². The Morgan fingerprint density at radius 1 is 1.40 bits per heavy atom. The lowest BCUT2D eigenvalue weighted by molar-refractivity contribution is 0.100. The van der Waals surface area contributed by atoms with Crippen LogP contribution in [0.1, 0.15) is 49.4 Å². The lowest BCUT2D eigenvalue weighted by Gasteiger charge is -2.33. The Morgan fingerprint density at radius 2 is 2.10 bits per heavy atom. The number of carbonyl (C=O) groups excluding carboxylic acids is 1. The predicted molar refractivity (Wildman–Crippen MR) is 84.0 cm³/mol. The number of hydrogen-bond donors (Lipinski definition) is 3. The maximum atomic E-state index is 11.6. The fourth-order valence-electron chi connectivity index (χ4n) is 3.04. The van der Waals surface area contributed by atoms with Crippen LogP contribution in [-0.4, -0.2) is 11.9 Å². The van der Waals surface area contributed by atoms with Gasteiger partial charge >= 0.3 is 0 Å². The lowest BCUT2D eigenvalue weighted by Crippen LogP contribution is -2.33. The highest BCUT2D eigenvalue weighted by molar-refractivity contribution is 6.34. The van der Waals surface area contributed by atoms with E-state index in [0.29, 0.717) is 33.9 Å². The molecule has 20 heavy (non-hydrogen) atoms. The van der Waals surface area contributed by atoms with Gasteiger partial charge in [0.1, 0.15) is 0 Å². The van der Waals surface area contributed by atoms with Crippen LogP contribution >= 0.6 is 11.6 Å². The molecular weight excluding hydrogens is 274 g/mol. The zero-order chi connectivity index (χ0) is 14.7. The van der Waals surface area contributed by atoms with Crippen LogP contribution in [0.5, 0.6) is 0 Å². The standard InChI is InChI=1S/C15H22ClN3O/c1-2-9-5-3-4-6-13(9)19-14-11(15(18)20)7-10(17)8-12(14)16/h7-9,13,19H,2-6,17H2,1H3,(H2,18,20). The molecule has 1 aliphatic rings. The van der Waals surface area contributed by atoms with Crippen LogP contribution in [0.4, 0.5) is 11.4 Å². The van der Waals surface area contributed by atoms with E-state index in [1.165, 1.54) is 19.3 Å². The number of nitrogens with two attached hydrogens (primary N) is 2. The second-order valence-corrected chi connectivity index (χ2v) is 5.90. The number of hydrogen-bond acceptors (Lipinski definition) is 3. The molecule has 2 unspecified atom stereocenters. The van der Waals surface area contributed by atoms with E-state index in [4.69, 9.17) is 23.1 Å². The monoisotopic (exact) mass is 295 g/mol. The van der Waals surface area contributed by atoms with Crippen molar-refractivity contribution in [2.75, 3.05) is 11.1 Å². The van der Waals surface area contributed by atoms with Gasteiger partial charge in [-0.15, -0.1) is 0 Å². The van der Waals surface area contributed by atoms with E-state index in [9.17, 15) is 4.79 Å². The number of rotatable bonds is 4. The second-order valence-electron chi connectivity index (χ2n) is 5.49. The predicted octanol–water partition coefficient (Wildman–Crippen LogP) is 3.40. The minimum absolute atomic E-state index is 0.341. The molecule has 5 N–H and O–H groups in total. The summed E-state index contributed by atoms with van der Waals surface area (Å²) in [6.45, 7) is 2.20. The van der Waals surface area contributed by atoms with Crippen LogP contribution in [0, 0.1) is 5.92 Å². The van der Waals surface area contributed by atoms with E-state index in [-0.39, 0.29) is 0 Å². The molecule has 0 bridgehead atoms. The third-order valence-corrected chi connectivity index (χ3v) is 4.44. The molecule has 1 saturated carbocycles. The van der Waals surface area contributed by atoms with Crippen LogP contribution in [0.3, 0.4) is 0 Å². The summed E-state index contributed by atoms with van der Waals surface area (Å²) < 4.78 is 0. The Kier molecular flexibility index (Phi) is 4.76. The Morgan fingerprint density at radius 3 is 2.75 bits per heavy atom. The van der Waals surface area contributed by atoms with Crippen molar-refractivity contribution in [3.05, 3.63) is 22.7 Å². The third-order valence-electron chi connectivity index (χ3n) is 4.14. The molecule has 0 heterocycles. The van der Waals surface area contributed by atoms with Crippen molar-refractivity contribution in [3.63, 3.8) is 0 Å². The van der Waals surface area contributed by atoms with Gasteiger partial charge in [0.05, 0.1) is 16.3 Å². The van der Waals surface area contributed by atoms with Crippen molar-refractivity contribution in [1.82, 2.24) is 0 Å². The second kappa shape index (κ2) is 6.35. The molecule has 4 nitrogen and oxygen atoms in total. The first-order valence-electron chi connectivity index (χ1n) is 7.18.